The van der Waals surface area contributed by atoms with Crippen LogP contribution in [0.2, 0.25) is 0 Å². The average Bonchev–Trinajstić information content (AvgIpc) is 2.70. The molecule has 7 heteroatoms. The second-order valence-corrected chi connectivity index (χ2v) is 6.50. The minimum absolute atomic E-state index is 0.0664. The van der Waals surface area contributed by atoms with Crippen molar-refractivity contribution in [1.82, 2.24) is 10.2 Å². The molecule has 1 aliphatic heterocycles. The number of carbonyl (C=O) groups is 2. The molecule has 0 bridgehead atoms. The molecule has 1 saturated heterocycles. The fraction of sp³-hybridized carbons (Fsp3) is 0.500. The summed E-state index contributed by atoms with van der Waals surface area (Å²) in [4.78, 5) is 25.4. The molecule has 0 aromatic carbocycles. The molecule has 19 heavy (non-hydrogen) atoms. The van der Waals surface area contributed by atoms with Crippen LogP contribution in [0.1, 0.15) is 11.8 Å². The van der Waals surface area contributed by atoms with E-state index in [1.807, 2.05) is 11.4 Å². The van der Waals surface area contributed by atoms with Gasteiger partial charge in [-0.1, -0.05) is 6.92 Å². The van der Waals surface area contributed by atoms with E-state index in [-0.39, 0.29) is 11.9 Å². The van der Waals surface area contributed by atoms with Crippen LogP contribution < -0.4 is 5.32 Å². The predicted octanol–water partition coefficient (Wildman–Crippen LogP) is 2.37. The molecule has 1 fully saturated rings. The van der Waals surface area contributed by atoms with Gasteiger partial charge in [-0.15, -0.1) is 11.3 Å². The van der Waals surface area contributed by atoms with Crippen molar-refractivity contribution in [3.8, 4) is 0 Å². The summed E-state index contributed by atoms with van der Waals surface area (Å²) in [5.41, 5.74) is 0. The number of aliphatic carboxylic acids is 1. The van der Waals surface area contributed by atoms with Crippen molar-refractivity contribution < 1.29 is 14.7 Å². The first-order valence-electron chi connectivity index (χ1n) is 5.96. The second-order valence-electron chi connectivity index (χ2n) is 4.64. The molecule has 104 valence electrons. The molecule has 1 aliphatic rings. The van der Waals surface area contributed by atoms with Crippen LogP contribution in [0.5, 0.6) is 0 Å². The number of nitrogens with zero attached hydrogens (tertiary/aromatic N) is 1. The van der Waals surface area contributed by atoms with Crippen molar-refractivity contribution in [2.45, 2.75) is 13.5 Å². The quantitative estimate of drug-likeness (QED) is 0.879. The largest absolute Gasteiger partial charge is 0.481 e. The highest BCUT2D eigenvalue weighted by Crippen LogP contribution is 2.25. The molecule has 0 radical (unpaired) electrons. The Labute approximate surface area is 123 Å². The van der Waals surface area contributed by atoms with Crippen LogP contribution in [-0.4, -0.2) is 35.1 Å². The number of thiophene rings is 1. The number of carboxylic acids is 1. The Kier molecular flexibility index (Phi) is 4.46. The third-order valence-corrected chi connectivity index (χ3v) is 5.31. The number of rotatable bonds is 4. The monoisotopic (exact) mass is 346 g/mol. The molecule has 1 unspecified atom stereocenters. The van der Waals surface area contributed by atoms with Crippen molar-refractivity contribution in [2.75, 3.05) is 13.1 Å². The van der Waals surface area contributed by atoms with E-state index in [0.29, 0.717) is 19.6 Å². The fourth-order valence-corrected chi connectivity index (χ4v) is 3.35. The van der Waals surface area contributed by atoms with Crippen LogP contribution in [0.4, 0.5) is 4.79 Å². The Morgan fingerprint density at radius 2 is 2.32 bits per heavy atom. The average molecular weight is 347 g/mol. The van der Waals surface area contributed by atoms with Gasteiger partial charge < -0.3 is 15.3 Å². The van der Waals surface area contributed by atoms with Crippen molar-refractivity contribution >= 4 is 39.3 Å². The number of halogens is 1. The van der Waals surface area contributed by atoms with E-state index in [9.17, 15) is 9.59 Å². The lowest BCUT2D eigenvalue weighted by atomic mass is 9.87. The summed E-state index contributed by atoms with van der Waals surface area (Å²) in [5, 5.41) is 13.7. The van der Waals surface area contributed by atoms with Gasteiger partial charge in [0, 0.05) is 28.4 Å². The summed E-state index contributed by atoms with van der Waals surface area (Å²) in [6.07, 6.45) is 0. The van der Waals surface area contributed by atoms with Gasteiger partial charge in [0.05, 0.1) is 12.5 Å². The van der Waals surface area contributed by atoms with E-state index in [1.165, 1.54) is 0 Å². The summed E-state index contributed by atoms with van der Waals surface area (Å²) < 4.78 is 0.999. The van der Waals surface area contributed by atoms with Crippen molar-refractivity contribution in [2.24, 2.45) is 11.8 Å². The van der Waals surface area contributed by atoms with Crippen molar-refractivity contribution in [3.63, 3.8) is 0 Å². The van der Waals surface area contributed by atoms with Gasteiger partial charge in [0.15, 0.2) is 0 Å². The van der Waals surface area contributed by atoms with Crippen molar-refractivity contribution in [3.05, 3.63) is 20.8 Å². The third kappa shape index (κ3) is 3.27. The molecule has 0 aliphatic carbocycles. The van der Waals surface area contributed by atoms with Gasteiger partial charge in [-0.3, -0.25) is 4.79 Å². The predicted molar refractivity (Wildman–Crippen MR) is 76.1 cm³/mol. The van der Waals surface area contributed by atoms with Gasteiger partial charge in [0.1, 0.15) is 0 Å². The summed E-state index contributed by atoms with van der Waals surface area (Å²) in [5.74, 6) is -1.13. The highest BCUT2D eigenvalue weighted by molar-refractivity contribution is 9.10. The van der Waals surface area contributed by atoms with E-state index >= 15 is 0 Å². The maximum Gasteiger partial charge on any atom is 0.317 e. The standard InChI is InChI=1S/C12H15BrN2O3S/c1-7(11(16)17)8-5-15(6-8)12(18)14-4-10-9(13)2-3-19-10/h2-3,7-8H,4-6H2,1H3,(H,14,18)(H,16,17). The minimum Gasteiger partial charge on any atom is -0.481 e. The van der Waals surface area contributed by atoms with Crippen LogP contribution in [0, 0.1) is 11.8 Å². The number of carboxylic acid groups (broad SMARTS) is 1. The number of nitrogens with one attached hydrogen (secondary N) is 1. The lowest BCUT2D eigenvalue weighted by Crippen LogP contribution is -2.56. The van der Waals surface area contributed by atoms with Crippen molar-refractivity contribution in [1.29, 1.82) is 0 Å². The number of hydrogen-bond acceptors (Lipinski definition) is 3. The Bertz CT molecular complexity index is 485. The maximum absolute atomic E-state index is 11.8. The molecule has 1 aromatic heterocycles. The Hall–Kier alpha value is -1.08. The first-order valence-corrected chi connectivity index (χ1v) is 7.63. The summed E-state index contributed by atoms with van der Waals surface area (Å²) in [6, 6.07) is 1.81. The molecule has 0 spiro atoms. The van der Waals surface area contributed by atoms with Crippen LogP contribution in [0.3, 0.4) is 0 Å². The Balaban J connectivity index is 1.75. The van der Waals surface area contributed by atoms with Gasteiger partial charge in [0.25, 0.3) is 0 Å². The molecule has 2 amide bonds. The topological polar surface area (TPSA) is 69.6 Å². The van der Waals surface area contributed by atoms with Gasteiger partial charge in [-0.05, 0) is 27.4 Å². The Morgan fingerprint density at radius 3 is 2.84 bits per heavy atom. The normalized spacial score (nSPS) is 16.8. The molecule has 2 N–H and O–H groups in total. The van der Waals surface area contributed by atoms with E-state index in [2.05, 4.69) is 21.2 Å². The van der Waals surface area contributed by atoms with Gasteiger partial charge in [0.2, 0.25) is 0 Å². The third-order valence-electron chi connectivity index (χ3n) is 3.38. The zero-order valence-electron chi connectivity index (χ0n) is 10.4. The minimum atomic E-state index is -0.799. The maximum atomic E-state index is 11.8. The highest BCUT2D eigenvalue weighted by atomic mass is 79.9. The van der Waals surface area contributed by atoms with Crippen LogP contribution >= 0.6 is 27.3 Å². The highest BCUT2D eigenvalue weighted by Gasteiger charge is 2.37. The van der Waals surface area contributed by atoms with E-state index in [0.717, 1.165) is 9.35 Å². The Morgan fingerprint density at radius 1 is 1.63 bits per heavy atom. The van der Waals surface area contributed by atoms with Crippen LogP contribution in [-0.2, 0) is 11.3 Å². The molecular weight excluding hydrogens is 332 g/mol. The van der Waals surface area contributed by atoms with E-state index in [1.54, 1.807) is 23.2 Å². The number of hydrogen-bond donors (Lipinski definition) is 2. The summed E-state index contributed by atoms with van der Waals surface area (Å²) in [7, 11) is 0. The fourth-order valence-electron chi connectivity index (χ4n) is 1.92. The first kappa shape index (κ1) is 14.3. The molecule has 0 saturated carbocycles. The number of urea groups is 1. The first-order chi connectivity index (χ1) is 8.99. The van der Waals surface area contributed by atoms with E-state index in [4.69, 9.17) is 5.11 Å². The van der Waals surface area contributed by atoms with Gasteiger partial charge in [-0.25, -0.2) is 4.79 Å². The van der Waals surface area contributed by atoms with E-state index < -0.39 is 11.9 Å². The van der Waals surface area contributed by atoms with Crippen LogP contribution in [0.15, 0.2) is 15.9 Å². The zero-order chi connectivity index (χ0) is 14.0. The van der Waals surface area contributed by atoms with Gasteiger partial charge in [-0.2, -0.15) is 0 Å². The number of amides is 2. The molecule has 1 atom stereocenters. The molecular formula is C12H15BrN2O3S. The molecule has 2 rings (SSSR count). The summed E-state index contributed by atoms with van der Waals surface area (Å²) >= 11 is 4.99. The lowest BCUT2D eigenvalue weighted by Gasteiger charge is -2.41. The zero-order valence-corrected chi connectivity index (χ0v) is 12.8. The number of carbonyl (C=O) groups excluding carboxylic acids is 1. The number of likely N-dealkylation sites (tertiary alicyclic amines) is 1. The molecule has 5 nitrogen and oxygen atoms in total. The smallest absolute Gasteiger partial charge is 0.317 e. The lowest BCUT2D eigenvalue weighted by molar-refractivity contribution is -0.144. The molecule has 1 aromatic rings. The van der Waals surface area contributed by atoms with Gasteiger partial charge >= 0.3 is 12.0 Å². The second kappa shape index (κ2) is 5.92. The summed E-state index contributed by atoms with van der Waals surface area (Å²) in [6.45, 7) is 3.22. The SMILES string of the molecule is CC(C(=O)O)C1CN(C(=O)NCc2sccc2Br)C1. The molecule has 2 heterocycles. The van der Waals surface area contributed by atoms with Crippen LogP contribution in [0.25, 0.3) is 0 Å².